The maximum absolute atomic E-state index is 12.4. The third kappa shape index (κ3) is 5.88. The van der Waals surface area contributed by atoms with Crippen LogP contribution in [0, 0.1) is 27.4 Å². The van der Waals surface area contributed by atoms with Crippen LogP contribution in [0.2, 0.25) is 0 Å². The van der Waals surface area contributed by atoms with E-state index in [0.717, 1.165) is 0 Å². The van der Waals surface area contributed by atoms with E-state index in [9.17, 15) is 28.6 Å². The molecule has 0 unspecified atom stereocenters. The second-order valence-corrected chi connectivity index (χ2v) is 10.4. The van der Waals surface area contributed by atoms with Gasteiger partial charge in [-0.1, -0.05) is 25.2 Å². The van der Waals surface area contributed by atoms with Crippen molar-refractivity contribution in [3.8, 4) is 17.4 Å². The molecule has 0 fully saturated rings. The van der Waals surface area contributed by atoms with Crippen LogP contribution in [0.1, 0.15) is 19.6 Å². The number of non-ortho nitro benzene ring substituents is 1. The number of carbonyl (C=O) groups excluding carboxylic acids is 1. The number of nitriles is 1. The highest BCUT2D eigenvalue weighted by Crippen LogP contribution is 2.26. The van der Waals surface area contributed by atoms with E-state index < -0.39 is 20.7 Å². The highest BCUT2D eigenvalue weighted by atomic mass is 32.2. The fourth-order valence-corrected chi connectivity index (χ4v) is 5.29. The van der Waals surface area contributed by atoms with Gasteiger partial charge < -0.3 is 4.42 Å². The average Bonchev–Trinajstić information content (AvgIpc) is 3.41. The molecule has 170 valence electrons. The van der Waals surface area contributed by atoms with E-state index in [0.29, 0.717) is 22.7 Å². The molecule has 0 atom stereocenters. The molecule has 0 spiro atoms. The number of nitrogens with zero attached hydrogens (tertiary/aromatic N) is 4. The normalized spacial score (nSPS) is 11.9. The highest BCUT2D eigenvalue weighted by Gasteiger charge is 2.23. The molecule has 0 aliphatic rings. The summed E-state index contributed by atoms with van der Waals surface area (Å²) in [5, 5.41) is 29.7. The molecule has 13 heteroatoms. The predicted octanol–water partition coefficient (Wildman–Crippen LogP) is 3.68. The van der Waals surface area contributed by atoms with Crippen molar-refractivity contribution < 1.29 is 22.6 Å². The SMILES string of the molecule is CC(C)CS(=O)(=O)c1nnc(NC(=O)/C(C#N)=C\c2ccc(-c3ccc([N+](=O)[O-])cc3)o2)s1. The van der Waals surface area contributed by atoms with Crippen LogP contribution in [0.15, 0.2) is 50.7 Å². The van der Waals surface area contributed by atoms with Gasteiger partial charge in [0.1, 0.15) is 23.2 Å². The third-order valence-electron chi connectivity index (χ3n) is 4.09. The lowest BCUT2D eigenvalue weighted by molar-refractivity contribution is -0.384. The lowest BCUT2D eigenvalue weighted by Gasteiger charge is -2.02. The fraction of sp³-hybridized carbons (Fsp3) is 0.200. The molecule has 11 nitrogen and oxygen atoms in total. The molecule has 3 aromatic rings. The molecular formula is C20H17N5O6S2. The van der Waals surface area contributed by atoms with Crippen LogP contribution in [0.5, 0.6) is 0 Å². The number of amides is 1. The molecule has 1 N–H and O–H groups in total. The van der Waals surface area contributed by atoms with Crippen molar-refractivity contribution in [1.82, 2.24) is 10.2 Å². The van der Waals surface area contributed by atoms with Gasteiger partial charge in [-0.2, -0.15) is 5.26 Å². The van der Waals surface area contributed by atoms with Crippen molar-refractivity contribution in [1.29, 1.82) is 5.26 Å². The van der Waals surface area contributed by atoms with Gasteiger partial charge >= 0.3 is 0 Å². The summed E-state index contributed by atoms with van der Waals surface area (Å²) < 4.78 is 29.9. The smallest absolute Gasteiger partial charge is 0.269 e. The first-order chi connectivity index (χ1) is 15.6. The Bertz CT molecular complexity index is 1360. The number of carbonyl (C=O) groups is 1. The van der Waals surface area contributed by atoms with Gasteiger partial charge in [-0.05, 0) is 30.2 Å². The van der Waals surface area contributed by atoms with E-state index in [1.54, 1.807) is 26.0 Å². The summed E-state index contributed by atoms with van der Waals surface area (Å²) in [5.74, 6) is -0.427. The van der Waals surface area contributed by atoms with Crippen LogP contribution < -0.4 is 5.32 Å². The molecule has 2 heterocycles. The van der Waals surface area contributed by atoms with Crippen LogP contribution >= 0.6 is 11.3 Å². The van der Waals surface area contributed by atoms with E-state index in [2.05, 4.69) is 15.5 Å². The van der Waals surface area contributed by atoms with Gasteiger partial charge in [0.2, 0.25) is 19.3 Å². The summed E-state index contributed by atoms with van der Waals surface area (Å²) in [6, 6.07) is 10.6. The highest BCUT2D eigenvalue weighted by molar-refractivity contribution is 7.93. The van der Waals surface area contributed by atoms with Crippen molar-refractivity contribution in [3.05, 3.63) is 57.8 Å². The summed E-state index contributed by atoms with van der Waals surface area (Å²) in [4.78, 5) is 22.7. The lowest BCUT2D eigenvalue weighted by Crippen LogP contribution is -2.13. The molecule has 0 saturated carbocycles. The lowest BCUT2D eigenvalue weighted by atomic mass is 10.1. The monoisotopic (exact) mass is 487 g/mol. The van der Waals surface area contributed by atoms with Gasteiger partial charge in [-0.15, -0.1) is 10.2 Å². The van der Waals surface area contributed by atoms with E-state index >= 15 is 0 Å². The molecule has 0 aliphatic heterocycles. The Labute approximate surface area is 192 Å². The van der Waals surface area contributed by atoms with E-state index in [4.69, 9.17) is 4.42 Å². The number of hydrogen-bond acceptors (Lipinski definition) is 10. The summed E-state index contributed by atoms with van der Waals surface area (Å²) in [7, 11) is -3.62. The molecular weight excluding hydrogens is 470 g/mol. The van der Waals surface area contributed by atoms with Gasteiger partial charge in [-0.3, -0.25) is 20.2 Å². The van der Waals surface area contributed by atoms with Gasteiger partial charge in [0.15, 0.2) is 0 Å². The minimum Gasteiger partial charge on any atom is -0.457 e. The van der Waals surface area contributed by atoms with Gasteiger partial charge in [-0.25, -0.2) is 8.42 Å². The number of rotatable bonds is 8. The van der Waals surface area contributed by atoms with Crippen LogP contribution in [0.25, 0.3) is 17.4 Å². The first-order valence-electron chi connectivity index (χ1n) is 9.43. The molecule has 0 bridgehead atoms. The van der Waals surface area contributed by atoms with Crippen molar-refractivity contribution in [2.24, 2.45) is 5.92 Å². The van der Waals surface area contributed by atoms with Crippen LogP contribution in [-0.2, 0) is 14.6 Å². The van der Waals surface area contributed by atoms with Gasteiger partial charge in [0.25, 0.3) is 11.6 Å². The Morgan fingerprint density at radius 3 is 2.58 bits per heavy atom. The zero-order chi connectivity index (χ0) is 24.2. The standard InChI is InChI=1S/C20H17N5O6S2/c1-12(2)11-33(29,30)20-24-23-19(32-20)22-18(26)14(10-21)9-16-7-8-17(31-16)13-3-5-15(6-4-13)25(27)28/h3-9,12H,11H2,1-2H3,(H,22,23,26)/b14-9-. The molecule has 1 amide bonds. The number of furan rings is 1. The summed E-state index contributed by atoms with van der Waals surface area (Å²) in [6.45, 7) is 3.51. The largest absolute Gasteiger partial charge is 0.457 e. The van der Waals surface area contributed by atoms with Crippen LogP contribution in [0.3, 0.4) is 0 Å². The Morgan fingerprint density at radius 2 is 1.97 bits per heavy atom. The maximum Gasteiger partial charge on any atom is 0.269 e. The third-order valence-corrected chi connectivity index (χ3v) is 7.45. The number of hydrogen-bond donors (Lipinski definition) is 1. The van der Waals surface area contributed by atoms with Gasteiger partial charge in [0, 0.05) is 23.8 Å². The number of benzene rings is 1. The van der Waals surface area contributed by atoms with Crippen molar-refractivity contribution >= 4 is 44.0 Å². The predicted molar refractivity (Wildman–Crippen MR) is 120 cm³/mol. The Kier molecular flexibility index (Phi) is 7.00. The number of nitro benzene ring substituents is 1. The Hall–Kier alpha value is -3.89. The quantitative estimate of drug-likeness (QED) is 0.164. The maximum atomic E-state index is 12.4. The zero-order valence-corrected chi connectivity index (χ0v) is 19.0. The molecule has 2 aromatic heterocycles. The van der Waals surface area contributed by atoms with E-state index in [1.165, 1.54) is 36.4 Å². The molecule has 0 radical (unpaired) electrons. The molecule has 3 rings (SSSR count). The average molecular weight is 488 g/mol. The van der Waals surface area contributed by atoms with Crippen LogP contribution in [-0.4, -0.2) is 35.2 Å². The van der Waals surface area contributed by atoms with E-state index in [1.807, 2.05) is 0 Å². The number of aromatic nitrogens is 2. The molecule has 1 aromatic carbocycles. The topological polar surface area (TPSA) is 169 Å². The number of nitro groups is 1. The van der Waals surface area contributed by atoms with E-state index in [-0.39, 0.29) is 38.2 Å². The first kappa shape index (κ1) is 23.8. The van der Waals surface area contributed by atoms with Gasteiger partial charge in [0.05, 0.1) is 10.7 Å². The van der Waals surface area contributed by atoms with Crippen molar-refractivity contribution in [2.75, 3.05) is 11.1 Å². The summed E-state index contributed by atoms with van der Waals surface area (Å²) in [5.41, 5.74) is 0.208. The molecule has 33 heavy (non-hydrogen) atoms. The van der Waals surface area contributed by atoms with Crippen molar-refractivity contribution in [2.45, 2.75) is 18.2 Å². The van der Waals surface area contributed by atoms with Crippen molar-refractivity contribution in [3.63, 3.8) is 0 Å². The Balaban J connectivity index is 1.75. The molecule has 0 aliphatic carbocycles. The zero-order valence-electron chi connectivity index (χ0n) is 17.4. The first-order valence-corrected chi connectivity index (χ1v) is 11.9. The second kappa shape index (κ2) is 9.72. The summed E-state index contributed by atoms with van der Waals surface area (Å²) in [6.07, 6.45) is 1.21. The number of nitrogens with one attached hydrogen (secondary N) is 1. The van der Waals surface area contributed by atoms with Crippen LogP contribution in [0.4, 0.5) is 10.8 Å². The second-order valence-electron chi connectivity index (χ2n) is 7.18. The minimum absolute atomic E-state index is 0.0607. The summed E-state index contributed by atoms with van der Waals surface area (Å²) >= 11 is 0.699. The Morgan fingerprint density at radius 1 is 1.27 bits per heavy atom. The number of anilines is 1. The minimum atomic E-state index is -3.62. The fourth-order valence-electron chi connectivity index (χ4n) is 2.68. The molecule has 0 saturated heterocycles. The number of sulfone groups is 1.